The van der Waals surface area contributed by atoms with Crippen LogP contribution in [-0.4, -0.2) is 24.6 Å². The summed E-state index contributed by atoms with van der Waals surface area (Å²) in [5.41, 5.74) is 2.01. The molecule has 0 N–H and O–H groups in total. The van der Waals surface area contributed by atoms with Gasteiger partial charge in [-0.3, -0.25) is 4.79 Å². The highest BCUT2D eigenvalue weighted by atomic mass is 16.6. The molecule has 0 aliphatic rings. The average Bonchev–Trinajstić information content (AvgIpc) is 2.93. The second kappa shape index (κ2) is 5.25. The van der Waals surface area contributed by atoms with Gasteiger partial charge in [-0.1, -0.05) is 12.1 Å². The third-order valence-corrected chi connectivity index (χ3v) is 3.53. The Morgan fingerprint density at radius 3 is 2.64 bits per heavy atom. The number of nitrogens with zero attached hydrogens (tertiary/aromatic N) is 2. The lowest BCUT2D eigenvalue weighted by molar-refractivity contribution is 0.314. The minimum Gasteiger partial charge on any atom is -0.489 e. The first-order valence-electron chi connectivity index (χ1n) is 6.61. The maximum absolute atomic E-state index is 12.1. The van der Waals surface area contributed by atoms with Gasteiger partial charge in [0.15, 0.2) is 11.3 Å². The molecule has 6 nitrogen and oxygen atoms in total. The van der Waals surface area contributed by atoms with E-state index in [-0.39, 0.29) is 17.6 Å². The molecule has 0 amide bonds. The van der Waals surface area contributed by atoms with Crippen LogP contribution in [0.3, 0.4) is 0 Å². The molecule has 0 saturated heterocycles. The van der Waals surface area contributed by atoms with Crippen molar-refractivity contribution >= 4 is 19.1 Å². The molecular formula is C15H13BN2O4. The van der Waals surface area contributed by atoms with Crippen molar-refractivity contribution in [3.05, 3.63) is 45.9 Å². The Morgan fingerprint density at radius 2 is 1.95 bits per heavy atom. The Balaban J connectivity index is 2.14. The molecule has 110 valence electrons. The summed E-state index contributed by atoms with van der Waals surface area (Å²) in [6, 6.07) is 7.27. The van der Waals surface area contributed by atoms with Gasteiger partial charge in [-0.25, -0.2) is 0 Å². The molecule has 0 aliphatic carbocycles. The monoisotopic (exact) mass is 296 g/mol. The Hall–Kier alpha value is -2.70. The van der Waals surface area contributed by atoms with Crippen LogP contribution >= 0.6 is 0 Å². The topological polar surface area (TPSA) is 66.5 Å². The predicted molar refractivity (Wildman–Crippen MR) is 82.0 cm³/mol. The van der Waals surface area contributed by atoms with Crippen LogP contribution in [0.25, 0.3) is 11.1 Å². The summed E-state index contributed by atoms with van der Waals surface area (Å²) in [7, 11) is 7.09. The van der Waals surface area contributed by atoms with Gasteiger partial charge in [0.25, 0.3) is 5.56 Å². The molecule has 0 fully saturated rings. The molecule has 0 bridgehead atoms. The van der Waals surface area contributed by atoms with Gasteiger partial charge in [-0.2, -0.15) is 4.98 Å². The molecule has 1 aromatic carbocycles. The van der Waals surface area contributed by atoms with E-state index in [1.165, 1.54) is 7.11 Å². The molecule has 0 spiro atoms. The highest BCUT2D eigenvalue weighted by Gasteiger charge is 2.20. The minimum absolute atomic E-state index is 0.00727. The van der Waals surface area contributed by atoms with Crippen molar-refractivity contribution < 1.29 is 13.9 Å². The number of benzene rings is 1. The van der Waals surface area contributed by atoms with Crippen molar-refractivity contribution in [3.8, 4) is 17.6 Å². The summed E-state index contributed by atoms with van der Waals surface area (Å²) in [5.74, 6) is 0.256. The highest BCUT2D eigenvalue weighted by Crippen LogP contribution is 2.34. The van der Waals surface area contributed by atoms with Gasteiger partial charge < -0.3 is 18.4 Å². The smallest absolute Gasteiger partial charge is 0.400 e. The molecule has 3 rings (SSSR count). The SMILES string of the molecule is [B]n1c(C)c(C)c(Oc2nc3ccccc3o2)c(OC)c1=O. The van der Waals surface area contributed by atoms with Gasteiger partial charge in [0, 0.05) is 11.3 Å². The summed E-state index contributed by atoms with van der Waals surface area (Å²) in [5, 5.41) is 0. The fourth-order valence-corrected chi connectivity index (χ4v) is 2.16. The fraction of sp³-hybridized carbons (Fsp3) is 0.200. The molecule has 0 aliphatic heterocycles. The van der Waals surface area contributed by atoms with E-state index in [1.807, 2.05) is 12.1 Å². The number of rotatable bonds is 3. The lowest BCUT2D eigenvalue weighted by atomic mass is 10.1. The first-order chi connectivity index (χ1) is 10.5. The quantitative estimate of drug-likeness (QED) is 0.694. The lowest BCUT2D eigenvalue weighted by Gasteiger charge is -2.15. The number of hydrogen-bond acceptors (Lipinski definition) is 5. The normalized spacial score (nSPS) is 10.9. The third kappa shape index (κ3) is 2.15. The summed E-state index contributed by atoms with van der Waals surface area (Å²) < 4.78 is 17.3. The van der Waals surface area contributed by atoms with Crippen LogP contribution in [-0.2, 0) is 0 Å². The van der Waals surface area contributed by atoms with Crippen LogP contribution in [0.1, 0.15) is 11.3 Å². The first-order valence-corrected chi connectivity index (χ1v) is 6.61. The van der Waals surface area contributed by atoms with E-state index in [2.05, 4.69) is 4.98 Å². The maximum atomic E-state index is 12.1. The fourth-order valence-electron chi connectivity index (χ4n) is 2.16. The standard InChI is InChI=1S/C15H13BN2O4/c1-8-9(2)18(16)14(19)13(20-3)12(8)22-15-17-10-6-4-5-7-11(10)21-15/h4-7H,1-3H3. The summed E-state index contributed by atoms with van der Waals surface area (Å²) in [6.45, 7) is 3.49. The van der Waals surface area contributed by atoms with E-state index >= 15 is 0 Å². The number of pyridine rings is 1. The molecule has 2 heterocycles. The van der Waals surface area contributed by atoms with Crippen LogP contribution in [0.15, 0.2) is 33.5 Å². The molecule has 2 radical (unpaired) electrons. The highest BCUT2D eigenvalue weighted by molar-refractivity contribution is 6.07. The van der Waals surface area contributed by atoms with E-state index in [0.29, 0.717) is 22.4 Å². The van der Waals surface area contributed by atoms with Crippen LogP contribution in [0, 0.1) is 13.8 Å². The van der Waals surface area contributed by atoms with Gasteiger partial charge >= 0.3 is 6.08 Å². The molecular weight excluding hydrogens is 283 g/mol. The van der Waals surface area contributed by atoms with E-state index in [9.17, 15) is 4.79 Å². The molecule has 7 heteroatoms. The van der Waals surface area contributed by atoms with Gasteiger partial charge in [0.2, 0.25) is 13.7 Å². The third-order valence-electron chi connectivity index (χ3n) is 3.53. The van der Waals surface area contributed by atoms with Crippen molar-refractivity contribution in [3.63, 3.8) is 0 Å². The van der Waals surface area contributed by atoms with Crippen LogP contribution in [0.4, 0.5) is 0 Å². The van der Waals surface area contributed by atoms with Crippen molar-refractivity contribution in [1.82, 2.24) is 9.46 Å². The van der Waals surface area contributed by atoms with E-state index in [4.69, 9.17) is 21.9 Å². The number of oxazole rings is 1. The van der Waals surface area contributed by atoms with Crippen molar-refractivity contribution in [2.45, 2.75) is 13.8 Å². The van der Waals surface area contributed by atoms with Crippen molar-refractivity contribution in [2.24, 2.45) is 0 Å². The minimum atomic E-state index is -0.489. The summed E-state index contributed by atoms with van der Waals surface area (Å²) in [6.07, 6.45) is 0.0381. The largest absolute Gasteiger partial charge is 0.489 e. The Bertz CT molecular complexity index is 881. The predicted octanol–water partition coefficient (Wildman–Crippen LogP) is 2.34. The number of hydrogen-bond donors (Lipinski definition) is 0. The number of para-hydroxylation sites is 2. The van der Waals surface area contributed by atoms with E-state index < -0.39 is 5.56 Å². The second-order valence-electron chi connectivity index (χ2n) is 4.80. The Kier molecular flexibility index (Phi) is 3.40. The van der Waals surface area contributed by atoms with Crippen LogP contribution in [0.2, 0.25) is 0 Å². The van der Waals surface area contributed by atoms with Crippen molar-refractivity contribution in [1.29, 1.82) is 0 Å². The molecule has 0 atom stereocenters. The summed E-state index contributed by atoms with van der Waals surface area (Å²) in [4.78, 5) is 16.4. The Labute approximate surface area is 127 Å². The van der Waals surface area contributed by atoms with E-state index in [0.717, 1.165) is 4.48 Å². The number of ether oxygens (including phenoxy) is 2. The molecule has 3 aromatic rings. The molecule has 2 aromatic heterocycles. The molecule has 0 unspecified atom stereocenters. The van der Waals surface area contributed by atoms with Gasteiger partial charge in [-0.15, -0.1) is 0 Å². The van der Waals surface area contributed by atoms with Gasteiger partial charge in [0.05, 0.1) is 7.11 Å². The van der Waals surface area contributed by atoms with Crippen LogP contribution in [0.5, 0.6) is 17.6 Å². The average molecular weight is 296 g/mol. The maximum Gasteiger partial charge on any atom is 0.400 e. The zero-order valence-corrected chi connectivity index (χ0v) is 12.4. The van der Waals surface area contributed by atoms with Crippen molar-refractivity contribution in [2.75, 3.05) is 7.11 Å². The first kappa shape index (κ1) is 14.3. The van der Waals surface area contributed by atoms with E-state index in [1.54, 1.807) is 26.0 Å². The zero-order valence-electron chi connectivity index (χ0n) is 12.4. The number of fused-ring (bicyclic) bond motifs is 1. The summed E-state index contributed by atoms with van der Waals surface area (Å²) >= 11 is 0. The second-order valence-corrected chi connectivity index (χ2v) is 4.80. The Morgan fingerprint density at radius 1 is 1.23 bits per heavy atom. The number of aromatic nitrogens is 2. The molecule has 0 saturated carbocycles. The number of methoxy groups -OCH3 is 1. The van der Waals surface area contributed by atoms with Crippen LogP contribution < -0.4 is 15.0 Å². The van der Waals surface area contributed by atoms with Gasteiger partial charge in [-0.05, 0) is 26.0 Å². The lowest BCUT2D eigenvalue weighted by Crippen LogP contribution is -2.23. The van der Waals surface area contributed by atoms with Gasteiger partial charge in [0.1, 0.15) is 5.52 Å². The zero-order chi connectivity index (χ0) is 15.9. The molecule has 22 heavy (non-hydrogen) atoms.